The molecule has 1 aliphatic rings. The van der Waals surface area contributed by atoms with Crippen molar-refractivity contribution < 1.29 is 28.6 Å². The third-order valence-corrected chi connectivity index (χ3v) is 6.53. The van der Waals surface area contributed by atoms with Crippen LogP contribution in [0.5, 0.6) is 11.5 Å². The lowest BCUT2D eigenvalue weighted by atomic mass is 10.0. The van der Waals surface area contributed by atoms with Gasteiger partial charge in [0.25, 0.3) is 5.56 Å². The molecule has 1 aliphatic heterocycles. The highest BCUT2D eigenvalue weighted by Gasteiger charge is 2.27. The monoisotopic (exact) mass is 522 g/mol. The van der Waals surface area contributed by atoms with E-state index in [-0.39, 0.29) is 24.6 Å². The predicted octanol–water partition coefficient (Wildman–Crippen LogP) is 4.68. The number of hydrogen-bond acceptors (Lipinski definition) is 5. The van der Waals surface area contributed by atoms with Gasteiger partial charge in [-0.05, 0) is 60.4 Å². The molecule has 0 radical (unpaired) electrons. The number of halogens is 1. The Morgan fingerprint density at radius 1 is 1.11 bits per heavy atom. The van der Waals surface area contributed by atoms with E-state index >= 15 is 0 Å². The molecule has 2 atom stereocenters. The first-order valence-corrected chi connectivity index (χ1v) is 12.6. The fraction of sp³-hybridized carbons (Fsp3) is 0.345. The van der Waals surface area contributed by atoms with Crippen LogP contribution in [0.15, 0.2) is 59.5 Å². The van der Waals surface area contributed by atoms with Crippen LogP contribution in [0, 0.1) is 12.7 Å². The van der Waals surface area contributed by atoms with Gasteiger partial charge in [-0.1, -0.05) is 38.0 Å². The fourth-order valence-electron chi connectivity index (χ4n) is 4.62. The maximum Gasteiger partial charge on any atom is 0.305 e. The number of hydrogen-bond donors (Lipinski definition) is 2. The van der Waals surface area contributed by atoms with E-state index in [1.165, 1.54) is 16.7 Å². The van der Waals surface area contributed by atoms with Crippen molar-refractivity contribution in [3.05, 3.63) is 93.2 Å². The first-order chi connectivity index (χ1) is 18.2. The molecular weight excluding hydrogens is 491 g/mol. The fourth-order valence-corrected chi connectivity index (χ4v) is 4.62. The van der Waals surface area contributed by atoms with Crippen LogP contribution < -0.4 is 20.3 Å². The van der Waals surface area contributed by atoms with Gasteiger partial charge in [0.05, 0.1) is 12.5 Å². The van der Waals surface area contributed by atoms with E-state index in [1.54, 1.807) is 42.6 Å². The standard InChI is InChI=1S/C29H31FN2O6/c1-3-4-5-24(32-16-18(2)12-21(29(32)36)13-19-6-9-22(30)10-7-19)28(35)31-23(15-27(33)34)20-8-11-25-26(14-20)38-17-37-25/h6-12,14,16,23-24H,3-5,13,15,17H2,1-2H3,(H,31,35)(H,33,34)/t23-,24-/m0/s1. The van der Waals surface area contributed by atoms with Gasteiger partial charge in [0.2, 0.25) is 12.7 Å². The summed E-state index contributed by atoms with van der Waals surface area (Å²) in [4.78, 5) is 38.9. The number of aromatic nitrogens is 1. The number of carbonyl (C=O) groups is 2. The van der Waals surface area contributed by atoms with Gasteiger partial charge in [0, 0.05) is 18.2 Å². The van der Waals surface area contributed by atoms with Gasteiger partial charge in [0.15, 0.2) is 11.5 Å². The molecule has 2 aromatic carbocycles. The van der Waals surface area contributed by atoms with E-state index in [4.69, 9.17) is 9.47 Å². The van der Waals surface area contributed by atoms with Gasteiger partial charge in [-0.15, -0.1) is 0 Å². The smallest absolute Gasteiger partial charge is 0.305 e. The summed E-state index contributed by atoms with van der Waals surface area (Å²) >= 11 is 0. The molecule has 0 fully saturated rings. The van der Waals surface area contributed by atoms with Gasteiger partial charge < -0.3 is 24.5 Å². The number of fused-ring (bicyclic) bond motifs is 1. The lowest BCUT2D eigenvalue weighted by Crippen LogP contribution is -2.40. The molecule has 4 rings (SSSR count). The first kappa shape index (κ1) is 26.9. The van der Waals surface area contributed by atoms with Crippen LogP contribution in [0.2, 0.25) is 0 Å². The molecule has 2 heterocycles. The van der Waals surface area contributed by atoms with E-state index in [0.717, 1.165) is 17.5 Å². The maximum absolute atomic E-state index is 13.7. The van der Waals surface area contributed by atoms with Crippen LogP contribution >= 0.6 is 0 Å². The van der Waals surface area contributed by atoms with Crippen molar-refractivity contribution in [1.29, 1.82) is 0 Å². The minimum Gasteiger partial charge on any atom is -0.481 e. The molecule has 3 aromatic rings. The van der Waals surface area contributed by atoms with E-state index in [2.05, 4.69) is 5.32 Å². The molecule has 0 bridgehead atoms. The molecule has 0 spiro atoms. The molecule has 2 N–H and O–H groups in total. The van der Waals surface area contributed by atoms with Crippen LogP contribution in [0.1, 0.15) is 66.9 Å². The van der Waals surface area contributed by atoms with Crippen molar-refractivity contribution in [1.82, 2.24) is 9.88 Å². The molecule has 200 valence electrons. The number of rotatable bonds is 11. The summed E-state index contributed by atoms with van der Waals surface area (Å²) < 4.78 is 25.6. The highest BCUT2D eigenvalue weighted by Crippen LogP contribution is 2.35. The molecule has 0 saturated heterocycles. The Labute approximate surface area is 220 Å². The van der Waals surface area contributed by atoms with Crippen molar-refractivity contribution in [2.24, 2.45) is 0 Å². The zero-order valence-electron chi connectivity index (χ0n) is 21.4. The van der Waals surface area contributed by atoms with Crippen molar-refractivity contribution in [2.45, 2.75) is 58.0 Å². The topological polar surface area (TPSA) is 107 Å². The number of amides is 1. The Hall–Kier alpha value is -4.14. The van der Waals surface area contributed by atoms with Gasteiger partial charge in [-0.2, -0.15) is 0 Å². The van der Waals surface area contributed by atoms with E-state index in [1.807, 2.05) is 13.8 Å². The Kier molecular flexibility index (Phi) is 8.45. The van der Waals surface area contributed by atoms with Crippen molar-refractivity contribution in [3.8, 4) is 11.5 Å². The van der Waals surface area contributed by atoms with Gasteiger partial charge >= 0.3 is 5.97 Å². The third-order valence-electron chi connectivity index (χ3n) is 6.53. The zero-order valence-corrected chi connectivity index (χ0v) is 21.4. The minimum absolute atomic E-state index is 0.0738. The number of nitrogens with zero attached hydrogens (tertiary/aromatic N) is 1. The van der Waals surface area contributed by atoms with Crippen LogP contribution in [0.3, 0.4) is 0 Å². The predicted molar refractivity (Wildman–Crippen MR) is 139 cm³/mol. The SMILES string of the molecule is CCCC[C@@H](C(=O)N[C@@H](CC(=O)O)c1ccc2c(c1)OCO2)n1cc(C)cc(Cc2ccc(F)cc2)c1=O. The minimum atomic E-state index is -1.08. The Balaban J connectivity index is 1.65. The van der Waals surface area contributed by atoms with E-state index in [9.17, 15) is 23.9 Å². The molecule has 1 aromatic heterocycles. The number of nitrogens with one attached hydrogen (secondary N) is 1. The van der Waals surface area contributed by atoms with E-state index in [0.29, 0.717) is 41.9 Å². The Bertz CT molecular complexity index is 1370. The first-order valence-electron chi connectivity index (χ1n) is 12.6. The summed E-state index contributed by atoms with van der Waals surface area (Å²) in [7, 11) is 0. The average Bonchev–Trinajstić information content (AvgIpc) is 3.35. The summed E-state index contributed by atoms with van der Waals surface area (Å²) in [5, 5.41) is 12.4. The van der Waals surface area contributed by atoms with Gasteiger partial charge in [-0.3, -0.25) is 14.4 Å². The Morgan fingerprint density at radius 2 is 1.84 bits per heavy atom. The zero-order chi connectivity index (χ0) is 27.2. The molecule has 9 heteroatoms. The molecule has 0 aliphatic carbocycles. The van der Waals surface area contributed by atoms with Crippen LogP contribution in [-0.2, 0) is 16.0 Å². The van der Waals surface area contributed by atoms with Crippen molar-refractivity contribution in [3.63, 3.8) is 0 Å². The average molecular weight is 523 g/mol. The van der Waals surface area contributed by atoms with Crippen molar-refractivity contribution >= 4 is 11.9 Å². The second kappa shape index (κ2) is 11.9. The largest absolute Gasteiger partial charge is 0.481 e. The summed E-state index contributed by atoms with van der Waals surface area (Å²) in [6.07, 6.45) is 3.52. The molecule has 0 unspecified atom stereocenters. The number of carboxylic acid groups (broad SMARTS) is 1. The summed E-state index contributed by atoms with van der Waals surface area (Å²) in [5.74, 6) is -0.842. The van der Waals surface area contributed by atoms with Gasteiger partial charge in [-0.25, -0.2) is 4.39 Å². The number of carbonyl (C=O) groups excluding carboxylic acids is 1. The summed E-state index contributed by atoms with van der Waals surface area (Å²) in [6, 6.07) is 11.1. The number of pyridine rings is 1. The number of benzene rings is 2. The molecule has 1 amide bonds. The second-order valence-electron chi connectivity index (χ2n) is 9.49. The normalized spacial score (nSPS) is 13.7. The number of aryl methyl sites for hydroxylation is 1. The Morgan fingerprint density at radius 3 is 2.55 bits per heavy atom. The lowest BCUT2D eigenvalue weighted by molar-refractivity contribution is -0.138. The number of ether oxygens (including phenoxy) is 2. The number of carboxylic acids is 1. The summed E-state index contributed by atoms with van der Waals surface area (Å²) in [5.41, 5.74) is 2.32. The van der Waals surface area contributed by atoms with Crippen molar-refractivity contribution in [2.75, 3.05) is 6.79 Å². The molecule has 0 saturated carbocycles. The summed E-state index contributed by atoms with van der Waals surface area (Å²) in [6.45, 7) is 3.91. The molecule has 8 nitrogen and oxygen atoms in total. The quantitative estimate of drug-likeness (QED) is 0.379. The van der Waals surface area contributed by atoms with Crippen LogP contribution in [0.25, 0.3) is 0 Å². The third kappa shape index (κ3) is 6.40. The highest BCUT2D eigenvalue weighted by molar-refractivity contribution is 5.81. The van der Waals surface area contributed by atoms with E-state index < -0.39 is 24.0 Å². The highest BCUT2D eigenvalue weighted by atomic mass is 19.1. The van der Waals surface area contributed by atoms with Crippen LogP contribution in [-0.4, -0.2) is 28.3 Å². The second-order valence-corrected chi connectivity index (χ2v) is 9.49. The van der Waals surface area contributed by atoms with Gasteiger partial charge in [0.1, 0.15) is 11.9 Å². The number of aliphatic carboxylic acids is 1. The molecule has 38 heavy (non-hydrogen) atoms. The number of unbranched alkanes of at least 4 members (excludes halogenated alkanes) is 1. The van der Waals surface area contributed by atoms with Crippen LogP contribution in [0.4, 0.5) is 4.39 Å². The maximum atomic E-state index is 13.7. The lowest BCUT2D eigenvalue weighted by Gasteiger charge is -2.24. The molecular formula is C29H31FN2O6.